The topological polar surface area (TPSA) is 25.4 Å². The van der Waals surface area contributed by atoms with Gasteiger partial charge in [-0.15, -0.1) is 11.3 Å². The van der Waals surface area contributed by atoms with Crippen molar-refractivity contribution in [2.45, 2.75) is 46.6 Å². The summed E-state index contributed by atoms with van der Waals surface area (Å²) in [6, 6.07) is 8.84. The summed E-state index contributed by atoms with van der Waals surface area (Å²) in [7, 11) is 0. The average molecular weight is 359 g/mol. The van der Waals surface area contributed by atoms with E-state index in [2.05, 4.69) is 48.0 Å². The van der Waals surface area contributed by atoms with Crippen molar-refractivity contribution in [3.8, 4) is 0 Å². The first-order valence-corrected chi connectivity index (χ1v) is 10.2. The van der Waals surface area contributed by atoms with Crippen molar-refractivity contribution in [1.29, 1.82) is 0 Å². The number of hydrogen-bond acceptors (Lipinski definition) is 4. The van der Waals surface area contributed by atoms with Crippen LogP contribution in [-0.2, 0) is 17.7 Å². The molecule has 1 fully saturated rings. The molecule has 3 rings (SSSR count). The Morgan fingerprint density at radius 1 is 1.24 bits per heavy atom. The van der Waals surface area contributed by atoms with Gasteiger partial charge < -0.3 is 4.74 Å². The lowest BCUT2D eigenvalue weighted by molar-refractivity contribution is 0.0490. The fraction of sp³-hybridized carbons (Fsp3) is 0.571. The van der Waals surface area contributed by atoms with E-state index in [4.69, 9.17) is 4.74 Å². The lowest BCUT2D eigenvalue weighted by atomic mass is 9.83. The Hall–Kier alpha value is -1.23. The summed E-state index contributed by atoms with van der Waals surface area (Å²) >= 11 is 1.94. The first-order valence-electron chi connectivity index (χ1n) is 9.35. The molecule has 0 bridgehead atoms. The molecule has 0 radical (unpaired) electrons. The molecule has 0 spiro atoms. The zero-order valence-electron chi connectivity index (χ0n) is 15.8. The smallest absolute Gasteiger partial charge is 0.0535 e. The monoisotopic (exact) mass is 358 g/mol. The zero-order valence-corrected chi connectivity index (χ0v) is 16.6. The van der Waals surface area contributed by atoms with Crippen molar-refractivity contribution in [2.75, 3.05) is 26.3 Å². The van der Waals surface area contributed by atoms with Crippen LogP contribution in [0.3, 0.4) is 0 Å². The molecule has 1 aliphatic rings. The first kappa shape index (κ1) is 18.6. The number of hydrogen-bond donors (Lipinski definition) is 0. The van der Waals surface area contributed by atoms with Gasteiger partial charge in [-0.3, -0.25) is 9.88 Å². The van der Waals surface area contributed by atoms with E-state index in [9.17, 15) is 0 Å². The van der Waals surface area contributed by atoms with E-state index in [1.165, 1.54) is 34.6 Å². The summed E-state index contributed by atoms with van der Waals surface area (Å²) in [6.07, 6.45) is 5.64. The molecule has 0 saturated carbocycles. The van der Waals surface area contributed by atoms with Gasteiger partial charge in [0.15, 0.2) is 0 Å². The fourth-order valence-electron chi connectivity index (χ4n) is 3.73. The number of aromatic nitrogens is 1. The van der Waals surface area contributed by atoms with Crippen molar-refractivity contribution < 1.29 is 4.74 Å². The highest BCUT2D eigenvalue weighted by atomic mass is 32.1. The molecule has 1 atom stereocenters. The van der Waals surface area contributed by atoms with E-state index in [1.54, 1.807) is 0 Å². The number of pyridine rings is 1. The van der Waals surface area contributed by atoms with Gasteiger partial charge in [0, 0.05) is 46.8 Å². The molecule has 136 valence electrons. The molecule has 0 amide bonds. The van der Waals surface area contributed by atoms with E-state index < -0.39 is 0 Å². The van der Waals surface area contributed by atoms with E-state index in [0.717, 1.165) is 38.5 Å². The molecule has 2 aromatic rings. The Kier molecular flexibility index (Phi) is 6.26. The Bertz CT molecular complexity index is 667. The van der Waals surface area contributed by atoms with Crippen LogP contribution in [0.15, 0.2) is 30.5 Å². The third-order valence-electron chi connectivity index (χ3n) is 5.21. The normalized spacial score (nSPS) is 21.1. The van der Waals surface area contributed by atoms with Crippen LogP contribution in [0.25, 0.3) is 0 Å². The van der Waals surface area contributed by atoms with Crippen molar-refractivity contribution in [3.05, 3.63) is 51.5 Å². The van der Waals surface area contributed by atoms with Gasteiger partial charge in [-0.1, -0.05) is 6.07 Å². The lowest BCUT2D eigenvalue weighted by Crippen LogP contribution is -2.32. The molecule has 3 nitrogen and oxygen atoms in total. The third-order valence-corrected chi connectivity index (χ3v) is 6.27. The summed E-state index contributed by atoms with van der Waals surface area (Å²) in [4.78, 5) is 9.93. The molecule has 0 N–H and O–H groups in total. The highest BCUT2D eigenvalue weighted by Crippen LogP contribution is 2.37. The fourth-order valence-corrected chi connectivity index (χ4v) is 4.62. The van der Waals surface area contributed by atoms with Crippen LogP contribution in [0.1, 0.15) is 40.8 Å². The number of aryl methyl sites for hydroxylation is 3. The molecule has 4 heteroatoms. The van der Waals surface area contributed by atoms with Crippen LogP contribution in [0.2, 0.25) is 0 Å². The quantitative estimate of drug-likeness (QED) is 0.688. The van der Waals surface area contributed by atoms with E-state index >= 15 is 0 Å². The van der Waals surface area contributed by atoms with Crippen molar-refractivity contribution in [1.82, 2.24) is 9.88 Å². The lowest BCUT2D eigenvalue weighted by Gasteiger charge is -2.29. The largest absolute Gasteiger partial charge is 0.381 e. The number of ether oxygens (including phenoxy) is 1. The predicted octanol–water partition coefficient (Wildman–Crippen LogP) is 4.62. The second-order valence-corrected chi connectivity index (χ2v) is 8.79. The van der Waals surface area contributed by atoms with E-state index in [1.807, 2.05) is 24.5 Å². The molecule has 0 aromatic carbocycles. The Labute approximate surface area is 156 Å². The van der Waals surface area contributed by atoms with Crippen LogP contribution in [0.4, 0.5) is 0 Å². The van der Waals surface area contributed by atoms with Crippen molar-refractivity contribution >= 4 is 11.3 Å². The van der Waals surface area contributed by atoms with Gasteiger partial charge in [-0.05, 0) is 70.3 Å². The average Bonchev–Trinajstić information content (AvgIpc) is 3.20. The maximum Gasteiger partial charge on any atom is 0.0535 e. The maximum absolute atomic E-state index is 5.89. The number of nitrogens with zero attached hydrogens (tertiary/aromatic N) is 2. The Morgan fingerprint density at radius 2 is 2.12 bits per heavy atom. The number of thiophene rings is 1. The van der Waals surface area contributed by atoms with Crippen LogP contribution in [0, 0.1) is 19.3 Å². The summed E-state index contributed by atoms with van der Waals surface area (Å²) in [5.74, 6) is 0. The van der Waals surface area contributed by atoms with Gasteiger partial charge in [0.2, 0.25) is 0 Å². The minimum atomic E-state index is 0.298. The SMILES string of the molecule is CCOC[C@@]1(CCc2ccc(C)s2)CCN(Cc2ccc(C)nc2)C1. The Balaban J connectivity index is 1.61. The molecule has 1 saturated heterocycles. The maximum atomic E-state index is 5.89. The second kappa shape index (κ2) is 8.43. The zero-order chi connectivity index (χ0) is 17.7. The second-order valence-electron chi connectivity index (χ2n) is 7.42. The molecule has 3 heterocycles. The highest BCUT2D eigenvalue weighted by molar-refractivity contribution is 7.11. The molecular weight excluding hydrogens is 328 g/mol. The molecule has 2 aromatic heterocycles. The van der Waals surface area contributed by atoms with Crippen LogP contribution < -0.4 is 0 Å². The molecular formula is C21H30N2OS. The molecule has 25 heavy (non-hydrogen) atoms. The van der Waals surface area contributed by atoms with Gasteiger partial charge in [-0.25, -0.2) is 0 Å². The Morgan fingerprint density at radius 3 is 2.80 bits per heavy atom. The first-order chi connectivity index (χ1) is 12.1. The minimum absolute atomic E-state index is 0.298. The standard InChI is InChI=1S/C21H30N2OS/c1-4-24-16-21(10-9-20-8-6-18(3)25-20)11-12-23(15-21)14-19-7-5-17(2)22-13-19/h5-8,13H,4,9-12,14-16H2,1-3H3/t21-/m0/s1. The summed E-state index contributed by atoms with van der Waals surface area (Å²) in [6.45, 7) is 11.3. The van der Waals surface area contributed by atoms with Crippen molar-refractivity contribution in [2.24, 2.45) is 5.41 Å². The van der Waals surface area contributed by atoms with Gasteiger partial charge in [0.05, 0.1) is 6.61 Å². The van der Waals surface area contributed by atoms with Crippen molar-refractivity contribution in [3.63, 3.8) is 0 Å². The van der Waals surface area contributed by atoms with Gasteiger partial charge >= 0.3 is 0 Å². The van der Waals surface area contributed by atoms with Gasteiger partial charge in [-0.2, -0.15) is 0 Å². The van der Waals surface area contributed by atoms with E-state index in [0.29, 0.717) is 5.41 Å². The summed E-state index contributed by atoms with van der Waals surface area (Å²) in [5.41, 5.74) is 2.69. The van der Waals surface area contributed by atoms with Crippen LogP contribution in [0.5, 0.6) is 0 Å². The minimum Gasteiger partial charge on any atom is -0.381 e. The summed E-state index contributed by atoms with van der Waals surface area (Å²) < 4.78 is 5.89. The van der Waals surface area contributed by atoms with Gasteiger partial charge in [0.25, 0.3) is 0 Å². The third kappa shape index (κ3) is 5.13. The van der Waals surface area contributed by atoms with Gasteiger partial charge in [0.1, 0.15) is 0 Å². The van der Waals surface area contributed by atoms with Crippen LogP contribution in [-0.4, -0.2) is 36.2 Å². The number of likely N-dealkylation sites (tertiary alicyclic amines) is 1. The summed E-state index contributed by atoms with van der Waals surface area (Å²) in [5, 5.41) is 0. The molecule has 0 aliphatic carbocycles. The number of rotatable bonds is 8. The highest BCUT2D eigenvalue weighted by Gasteiger charge is 2.38. The molecule has 0 unspecified atom stereocenters. The van der Waals surface area contributed by atoms with Crippen LogP contribution >= 0.6 is 11.3 Å². The van der Waals surface area contributed by atoms with E-state index in [-0.39, 0.29) is 0 Å². The molecule has 1 aliphatic heterocycles. The predicted molar refractivity (Wildman–Crippen MR) is 105 cm³/mol.